The Hall–Kier alpha value is -0.910. The normalized spacial score (nSPS) is 22.9. The van der Waals surface area contributed by atoms with Gasteiger partial charge < -0.3 is 15.0 Å². The maximum atomic E-state index is 12.0. The fourth-order valence-corrected chi connectivity index (χ4v) is 4.41. The molecule has 1 aromatic carbocycles. The number of hydrogen-bond acceptors (Lipinski definition) is 4. The van der Waals surface area contributed by atoms with Gasteiger partial charge in [-0.25, -0.2) is 18.1 Å². The van der Waals surface area contributed by atoms with E-state index in [1.807, 2.05) is 6.07 Å². The first-order valence-electron chi connectivity index (χ1n) is 9.11. The number of hydrogen-bond donors (Lipinski definition) is 2. The summed E-state index contributed by atoms with van der Waals surface area (Å²) >= 11 is 0. The maximum Gasteiger partial charge on any atom is 0.240 e. The van der Waals surface area contributed by atoms with Gasteiger partial charge in [0.2, 0.25) is 10.0 Å². The molecule has 1 spiro atoms. The monoisotopic (exact) mass is 508 g/mol. The van der Waals surface area contributed by atoms with Crippen LogP contribution in [0.2, 0.25) is 0 Å². The third-order valence-corrected chi connectivity index (χ3v) is 6.56. The summed E-state index contributed by atoms with van der Waals surface area (Å²) in [5.74, 6) is 0.887. The molecule has 152 valence electrons. The van der Waals surface area contributed by atoms with E-state index in [2.05, 4.69) is 21.9 Å². The van der Waals surface area contributed by atoms with E-state index < -0.39 is 10.0 Å². The molecule has 0 radical (unpaired) electrons. The van der Waals surface area contributed by atoms with E-state index in [-0.39, 0.29) is 34.3 Å². The predicted molar refractivity (Wildman–Crippen MR) is 117 cm³/mol. The van der Waals surface area contributed by atoms with E-state index in [1.165, 1.54) is 7.05 Å². The van der Waals surface area contributed by atoms with E-state index in [0.29, 0.717) is 6.54 Å². The summed E-state index contributed by atoms with van der Waals surface area (Å²) in [5, 5.41) is 3.36. The summed E-state index contributed by atoms with van der Waals surface area (Å²) in [6.07, 6.45) is 2.25. The Morgan fingerprint density at radius 3 is 2.85 bits per heavy atom. The van der Waals surface area contributed by atoms with E-state index in [9.17, 15) is 8.42 Å². The topological polar surface area (TPSA) is 83.0 Å². The van der Waals surface area contributed by atoms with Crippen LogP contribution in [0.4, 0.5) is 0 Å². The molecule has 2 N–H and O–H groups in total. The zero-order valence-corrected chi connectivity index (χ0v) is 19.0. The average Bonchev–Trinajstić information content (AvgIpc) is 3.29. The smallest absolute Gasteiger partial charge is 0.240 e. The number of guanidine groups is 1. The Bertz CT molecular complexity index is 764. The number of benzene rings is 1. The molecule has 0 aromatic heterocycles. The largest absolute Gasteiger partial charge is 0.381 e. The van der Waals surface area contributed by atoms with E-state index in [1.54, 1.807) is 18.2 Å². The number of nitrogens with one attached hydrogen (secondary N) is 2. The molecule has 2 aliphatic heterocycles. The lowest BCUT2D eigenvalue weighted by Crippen LogP contribution is -2.41. The second-order valence-electron chi connectivity index (χ2n) is 7.00. The molecule has 2 heterocycles. The molecule has 27 heavy (non-hydrogen) atoms. The van der Waals surface area contributed by atoms with Crippen molar-refractivity contribution in [3.05, 3.63) is 29.8 Å². The molecule has 0 saturated carbocycles. The molecule has 2 aliphatic rings. The van der Waals surface area contributed by atoms with Crippen molar-refractivity contribution >= 4 is 40.0 Å². The van der Waals surface area contributed by atoms with Gasteiger partial charge in [0.05, 0.1) is 18.0 Å². The van der Waals surface area contributed by atoms with E-state index >= 15 is 0 Å². The minimum Gasteiger partial charge on any atom is -0.381 e. The van der Waals surface area contributed by atoms with Gasteiger partial charge >= 0.3 is 0 Å². The van der Waals surface area contributed by atoms with Crippen LogP contribution in [0.1, 0.15) is 25.3 Å². The SMILES string of the molecule is CCNC(=NCc1cccc(S(=O)(=O)NC)c1)N1CCC2(CCOC2)C1.I. The Kier molecular flexibility index (Phi) is 7.90. The quantitative estimate of drug-likeness (QED) is 0.360. The molecule has 0 aliphatic carbocycles. The highest BCUT2D eigenvalue weighted by atomic mass is 127. The van der Waals surface area contributed by atoms with Crippen molar-refractivity contribution in [3.63, 3.8) is 0 Å². The summed E-state index contributed by atoms with van der Waals surface area (Å²) in [7, 11) is -2.02. The lowest BCUT2D eigenvalue weighted by atomic mass is 9.87. The molecule has 0 bridgehead atoms. The summed E-state index contributed by atoms with van der Waals surface area (Å²) in [6, 6.07) is 6.92. The molecule has 1 atom stereocenters. The molecular weight excluding hydrogens is 479 g/mol. The minimum absolute atomic E-state index is 0. The van der Waals surface area contributed by atoms with Gasteiger partial charge in [0.15, 0.2) is 5.96 Å². The fraction of sp³-hybridized carbons (Fsp3) is 0.611. The lowest BCUT2D eigenvalue weighted by molar-refractivity contribution is 0.156. The van der Waals surface area contributed by atoms with Gasteiger partial charge in [0, 0.05) is 31.7 Å². The second-order valence-corrected chi connectivity index (χ2v) is 8.89. The van der Waals surface area contributed by atoms with Crippen molar-refractivity contribution in [2.24, 2.45) is 10.4 Å². The zero-order chi connectivity index (χ0) is 18.6. The first-order chi connectivity index (χ1) is 12.5. The molecule has 0 amide bonds. The number of rotatable bonds is 5. The van der Waals surface area contributed by atoms with Crippen LogP contribution in [0.3, 0.4) is 0 Å². The van der Waals surface area contributed by atoms with Crippen molar-refractivity contribution in [3.8, 4) is 0 Å². The van der Waals surface area contributed by atoms with Gasteiger partial charge in [0.1, 0.15) is 0 Å². The third-order valence-electron chi connectivity index (χ3n) is 5.15. The van der Waals surface area contributed by atoms with Gasteiger partial charge in [0.25, 0.3) is 0 Å². The average molecular weight is 508 g/mol. The Morgan fingerprint density at radius 2 is 2.19 bits per heavy atom. The maximum absolute atomic E-state index is 12.0. The van der Waals surface area contributed by atoms with Gasteiger partial charge in [-0.1, -0.05) is 12.1 Å². The number of aliphatic imine (C=N–C) groups is 1. The van der Waals surface area contributed by atoms with Gasteiger partial charge in [-0.15, -0.1) is 24.0 Å². The van der Waals surface area contributed by atoms with Crippen LogP contribution in [0.25, 0.3) is 0 Å². The Labute approximate surface area is 179 Å². The number of likely N-dealkylation sites (tertiary alicyclic amines) is 1. The lowest BCUT2D eigenvalue weighted by Gasteiger charge is -2.25. The Balaban J connectivity index is 0.00000261. The molecule has 7 nitrogen and oxygen atoms in total. The van der Waals surface area contributed by atoms with Crippen LogP contribution in [-0.4, -0.2) is 59.2 Å². The number of nitrogens with zero attached hydrogens (tertiary/aromatic N) is 2. The molecule has 1 unspecified atom stereocenters. The highest BCUT2D eigenvalue weighted by molar-refractivity contribution is 14.0. The number of ether oxygens (including phenoxy) is 1. The van der Waals surface area contributed by atoms with Crippen molar-refractivity contribution in [2.75, 3.05) is 39.9 Å². The molecular formula is C18H29IN4O3S. The van der Waals surface area contributed by atoms with Crippen molar-refractivity contribution in [1.29, 1.82) is 0 Å². The van der Waals surface area contributed by atoms with Crippen molar-refractivity contribution in [1.82, 2.24) is 14.9 Å². The molecule has 2 saturated heterocycles. The molecule has 9 heteroatoms. The molecule has 1 aromatic rings. The standard InChI is InChI=1S/C18H28N4O3S.HI/c1-3-20-17(22-9-7-18(13-22)8-10-25-14-18)21-12-15-5-4-6-16(11-15)26(23,24)19-2;/h4-6,11,19H,3,7-10,12-14H2,1-2H3,(H,20,21);1H. The first kappa shape index (κ1) is 22.4. The van der Waals surface area contributed by atoms with Crippen LogP contribution >= 0.6 is 24.0 Å². The highest BCUT2D eigenvalue weighted by Crippen LogP contribution is 2.38. The van der Waals surface area contributed by atoms with Gasteiger partial charge in [-0.2, -0.15) is 0 Å². The zero-order valence-electron chi connectivity index (χ0n) is 15.9. The molecule has 3 rings (SSSR count). The van der Waals surface area contributed by atoms with Crippen LogP contribution in [0, 0.1) is 5.41 Å². The summed E-state index contributed by atoms with van der Waals surface area (Å²) in [6.45, 7) is 6.93. The first-order valence-corrected chi connectivity index (χ1v) is 10.6. The summed E-state index contributed by atoms with van der Waals surface area (Å²) < 4.78 is 31.9. The summed E-state index contributed by atoms with van der Waals surface area (Å²) in [4.78, 5) is 7.31. The van der Waals surface area contributed by atoms with Crippen LogP contribution in [-0.2, 0) is 21.3 Å². The Morgan fingerprint density at radius 1 is 1.37 bits per heavy atom. The fourth-order valence-electron chi connectivity index (χ4n) is 3.61. The predicted octanol–water partition coefficient (Wildman–Crippen LogP) is 1.79. The number of sulfonamides is 1. The van der Waals surface area contributed by atoms with E-state index in [0.717, 1.165) is 57.2 Å². The minimum atomic E-state index is -3.44. The van der Waals surface area contributed by atoms with Gasteiger partial charge in [-0.05, 0) is 44.5 Å². The van der Waals surface area contributed by atoms with Gasteiger partial charge in [-0.3, -0.25) is 0 Å². The van der Waals surface area contributed by atoms with Crippen LogP contribution in [0.15, 0.2) is 34.2 Å². The van der Waals surface area contributed by atoms with Crippen molar-refractivity contribution < 1.29 is 13.2 Å². The van der Waals surface area contributed by atoms with Crippen LogP contribution in [0.5, 0.6) is 0 Å². The number of halogens is 1. The summed E-state index contributed by atoms with van der Waals surface area (Å²) in [5.41, 5.74) is 1.15. The second kappa shape index (κ2) is 9.53. The van der Waals surface area contributed by atoms with Crippen molar-refractivity contribution in [2.45, 2.75) is 31.2 Å². The van der Waals surface area contributed by atoms with E-state index in [4.69, 9.17) is 9.73 Å². The molecule has 2 fully saturated rings. The highest BCUT2D eigenvalue weighted by Gasteiger charge is 2.42. The third kappa shape index (κ3) is 5.33. The van der Waals surface area contributed by atoms with Crippen LogP contribution < -0.4 is 10.0 Å².